The van der Waals surface area contributed by atoms with Crippen molar-refractivity contribution in [3.05, 3.63) is 58.9 Å². The van der Waals surface area contributed by atoms with Crippen LogP contribution in [0.5, 0.6) is 0 Å². The fourth-order valence-corrected chi connectivity index (χ4v) is 2.01. The Morgan fingerprint density at radius 3 is 2.84 bits per heavy atom. The summed E-state index contributed by atoms with van der Waals surface area (Å²) in [5, 5.41) is 3.92. The van der Waals surface area contributed by atoms with Gasteiger partial charge >= 0.3 is 0 Å². The first-order chi connectivity index (χ1) is 9.18. The Kier molecular flexibility index (Phi) is 4.36. The fourth-order valence-electron chi connectivity index (χ4n) is 1.78. The molecular formula is C14H14ClN3O. The zero-order valence-electron chi connectivity index (χ0n) is 10.3. The van der Waals surface area contributed by atoms with Crippen LogP contribution in [0, 0.1) is 0 Å². The third-order valence-electron chi connectivity index (χ3n) is 2.75. The molecule has 0 fully saturated rings. The molecule has 98 valence electrons. The molecular weight excluding hydrogens is 262 g/mol. The van der Waals surface area contributed by atoms with Gasteiger partial charge in [0.05, 0.1) is 11.3 Å². The van der Waals surface area contributed by atoms with Gasteiger partial charge in [-0.2, -0.15) is 0 Å². The number of hydrogen-bond acceptors (Lipinski definition) is 3. The van der Waals surface area contributed by atoms with E-state index < -0.39 is 5.91 Å². The maximum Gasteiger partial charge on any atom is 0.252 e. The summed E-state index contributed by atoms with van der Waals surface area (Å²) in [6.07, 6.45) is 3.84. The van der Waals surface area contributed by atoms with E-state index in [4.69, 9.17) is 17.3 Å². The van der Waals surface area contributed by atoms with Crippen molar-refractivity contribution in [3.8, 4) is 0 Å². The van der Waals surface area contributed by atoms with Crippen molar-refractivity contribution in [2.75, 3.05) is 11.9 Å². The van der Waals surface area contributed by atoms with E-state index in [1.165, 1.54) is 6.20 Å². The molecule has 1 aromatic heterocycles. The molecule has 1 aromatic carbocycles. The standard InChI is InChI=1S/C14H14ClN3O/c15-12-4-2-1-3-10(12)5-8-18-13-6-7-17-9-11(13)14(16)19/h1-4,6-7,9H,5,8H2,(H2,16,19)(H,17,18). The number of benzene rings is 1. The lowest BCUT2D eigenvalue weighted by molar-refractivity contribution is 0.100. The van der Waals surface area contributed by atoms with Crippen LogP contribution in [0.2, 0.25) is 5.02 Å². The second-order valence-corrected chi connectivity index (χ2v) is 4.46. The van der Waals surface area contributed by atoms with Crippen molar-refractivity contribution in [2.45, 2.75) is 6.42 Å². The highest BCUT2D eigenvalue weighted by atomic mass is 35.5. The normalized spacial score (nSPS) is 10.2. The minimum Gasteiger partial charge on any atom is -0.384 e. The molecule has 3 N–H and O–H groups in total. The van der Waals surface area contributed by atoms with Crippen LogP contribution in [0.4, 0.5) is 5.69 Å². The van der Waals surface area contributed by atoms with E-state index >= 15 is 0 Å². The SMILES string of the molecule is NC(=O)c1cnccc1NCCc1ccccc1Cl. The van der Waals surface area contributed by atoms with Gasteiger partial charge in [-0.25, -0.2) is 0 Å². The second kappa shape index (κ2) is 6.20. The van der Waals surface area contributed by atoms with Gasteiger partial charge in [-0.1, -0.05) is 29.8 Å². The summed E-state index contributed by atoms with van der Waals surface area (Å²) in [7, 11) is 0. The van der Waals surface area contributed by atoms with Gasteiger partial charge in [0.1, 0.15) is 0 Å². The van der Waals surface area contributed by atoms with Crippen molar-refractivity contribution >= 4 is 23.2 Å². The van der Waals surface area contributed by atoms with Gasteiger partial charge < -0.3 is 11.1 Å². The molecule has 0 saturated carbocycles. The highest BCUT2D eigenvalue weighted by Crippen LogP contribution is 2.17. The quantitative estimate of drug-likeness (QED) is 0.881. The van der Waals surface area contributed by atoms with Gasteiger partial charge in [-0.15, -0.1) is 0 Å². The average molecular weight is 276 g/mol. The summed E-state index contributed by atoms with van der Waals surface area (Å²) in [5.41, 5.74) is 7.42. The van der Waals surface area contributed by atoms with E-state index in [1.54, 1.807) is 12.3 Å². The first-order valence-electron chi connectivity index (χ1n) is 5.89. The van der Waals surface area contributed by atoms with Gasteiger partial charge in [0.2, 0.25) is 0 Å². The molecule has 0 spiro atoms. The number of rotatable bonds is 5. The number of pyridine rings is 1. The van der Waals surface area contributed by atoms with Gasteiger partial charge in [-0.3, -0.25) is 9.78 Å². The predicted octanol–water partition coefficient (Wildman–Crippen LogP) is 2.49. The smallest absolute Gasteiger partial charge is 0.252 e. The Balaban J connectivity index is 2.00. The van der Waals surface area contributed by atoms with Gasteiger partial charge in [0.15, 0.2) is 0 Å². The molecule has 0 atom stereocenters. The van der Waals surface area contributed by atoms with Crippen LogP contribution < -0.4 is 11.1 Å². The number of hydrogen-bond donors (Lipinski definition) is 2. The number of amides is 1. The minimum atomic E-state index is -0.492. The van der Waals surface area contributed by atoms with Crippen molar-refractivity contribution < 1.29 is 4.79 Å². The molecule has 0 unspecified atom stereocenters. The first kappa shape index (κ1) is 13.4. The third kappa shape index (κ3) is 3.45. The predicted molar refractivity (Wildman–Crippen MR) is 76.4 cm³/mol. The topological polar surface area (TPSA) is 68.0 Å². The number of aromatic nitrogens is 1. The number of anilines is 1. The minimum absolute atomic E-state index is 0.390. The van der Waals surface area contributed by atoms with E-state index in [9.17, 15) is 4.79 Å². The number of nitrogens with one attached hydrogen (secondary N) is 1. The first-order valence-corrected chi connectivity index (χ1v) is 6.27. The van der Waals surface area contributed by atoms with Crippen molar-refractivity contribution in [1.82, 2.24) is 4.98 Å². The Bertz CT molecular complexity index is 586. The van der Waals surface area contributed by atoms with Crippen molar-refractivity contribution in [3.63, 3.8) is 0 Å². The van der Waals surface area contributed by atoms with Crippen LogP contribution in [0.25, 0.3) is 0 Å². The average Bonchev–Trinajstić information content (AvgIpc) is 2.41. The summed E-state index contributed by atoms with van der Waals surface area (Å²) < 4.78 is 0. The van der Waals surface area contributed by atoms with E-state index in [1.807, 2.05) is 24.3 Å². The van der Waals surface area contributed by atoms with E-state index in [2.05, 4.69) is 10.3 Å². The molecule has 0 bridgehead atoms. The Morgan fingerprint density at radius 2 is 2.11 bits per heavy atom. The van der Waals surface area contributed by atoms with Crippen LogP contribution in [-0.2, 0) is 6.42 Å². The lowest BCUT2D eigenvalue weighted by Crippen LogP contribution is -2.15. The fraction of sp³-hybridized carbons (Fsp3) is 0.143. The summed E-state index contributed by atoms with van der Waals surface area (Å²) in [4.78, 5) is 15.1. The van der Waals surface area contributed by atoms with E-state index in [0.717, 1.165) is 17.0 Å². The maximum atomic E-state index is 11.2. The van der Waals surface area contributed by atoms with Crippen LogP contribution in [0.15, 0.2) is 42.7 Å². The summed E-state index contributed by atoms with van der Waals surface area (Å²) in [5.74, 6) is -0.492. The third-order valence-corrected chi connectivity index (χ3v) is 3.12. The number of nitrogens with zero attached hydrogens (tertiary/aromatic N) is 1. The lowest BCUT2D eigenvalue weighted by atomic mass is 10.1. The Hall–Kier alpha value is -2.07. The van der Waals surface area contributed by atoms with E-state index in [-0.39, 0.29) is 0 Å². The molecule has 2 rings (SSSR count). The molecule has 0 saturated heterocycles. The monoisotopic (exact) mass is 275 g/mol. The number of carbonyl (C=O) groups is 1. The molecule has 2 aromatic rings. The van der Waals surface area contributed by atoms with Crippen LogP contribution in [-0.4, -0.2) is 17.4 Å². The number of primary amides is 1. The zero-order valence-corrected chi connectivity index (χ0v) is 11.0. The van der Waals surface area contributed by atoms with Crippen LogP contribution in [0.1, 0.15) is 15.9 Å². The van der Waals surface area contributed by atoms with Gasteiger partial charge in [0.25, 0.3) is 5.91 Å². The molecule has 5 heteroatoms. The zero-order chi connectivity index (χ0) is 13.7. The molecule has 4 nitrogen and oxygen atoms in total. The Labute approximate surface area is 116 Å². The van der Waals surface area contributed by atoms with Crippen molar-refractivity contribution in [2.24, 2.45) is 5.73 Å². The largest absolute Gasteiger partial charge is 0.384 e. The number of halogens is 1. The van der Waals surface area contributed by atoms with Crippen LogP contribution in [0.3, 0.4) is 0 Å². The molecule has 19 heavy (non-hydrogen) atoms. The molecule has 0 aliphatic rings. The molecule has 0 aliphatic heterocycles. The molecule has 1 amide bonds. The number of nitrogens with two attached hydrogens (primary N) is 1. The highest BCUT2D eigenvalue weighted by Gasteiger charge is 2.07. The van der Waals surface area contributed by atoms with Gasteiger partial charge in [0, 0.05) is 24.0 Å². The summed E-state index contributed by atoms with van der Waals surface area (Å²) in [6.45, 7) is 0.661. The summed E-state index contributed by atoms with van der Waals surface area (Å²) >= 11 is 6.08. The molecule has 1 heterocycles. The highest BCUT2D eigenvalue weighted by molar-refractivity contribution is 6.31. The van der Waals surface area contributed by atoms with Crippen molar-refractivity contribution in [1.29, 1.82) is 0 Å². The molecule has 0 aliphatic carbocycles. The van der Waals surface area contributed by atoms with Crippen LogP contribution >= 0.6 is 11.6 Å². The summed E-state index contributed by atoms with van der Waals surface area (Å²) in [6, 6.07) is 9.41. The number of carbonyl (C=O) groups excluding carboxylic acids is 1. The van der Waals surface area contributed by atoms with E-state index in [0.29, 0.717) is 17.8 Å². The Morgan fingerprint density at radius 1 is 1.32 bits per heavy atom. The lowest BCUT2D eigenvalue weighted by Gasteiger charge is -2.10. The van der Waals surface area contributed by atoms with Gasteiger partial charge in [-0.05, 0) is 24.1 Å². The maximum absolute atomic E-state index is 11.2. The second-order valence-electron chi connectivity index (χ2n) is 4.05. The molecule has 0 radical (unpaired) electrons.